The summed E-state index contributed by atoms with van der Waals surface area (Å²) in [5.41, 5.74) is -0.418. The first-order valence-electron chi connectivity index (χ1n) is 12.5. The number of esters is 3. The monoisotopic (exact) mass is 514 g/mol. The van der Waals surface area contributed by atoms with Crippen molar-refractivity contribution in [3.63, 3.8) is 0 Å². The summed E-state index contributed by atoms with van der Waals surface area (Å²) in [5, 5.41) is 1.36. The number of piperidine rings is 1. The van der Waals surface area contributed by atoms with Gasteiger partial charge < -0.3 is 23.9 Å². The normalized spacial score (nSPS) is 29.1. The van der Waals surface area contributed by atoms with Gasteiger partial charge in [0, 0.05) is 24.4 Å². The molecule has 0 unspecified atom stereocenters. The molecule has 37 heavy (non-hydrogen) atoms. The van der Waals surface area contributed by atoms with Crippen LogP contribution in [0.2, 0.25) is 0 Å². The van der Waals surface area contributed by atoms with Crippen molar-refractivity contribution in [1.29, 1.82) is 0 Å². The summed E-state index contributed by atoms with van der Waals surface area (Å²) in [5.74, 6) is -3.83. The lowest BCUT2D eigenvalue weighted by molar-refractivity contribution is -0.232. The second-order valence-electron chi connectivity index (χ2n) is 10.1. The van der Waals surface area contributed by atoms with Gasteiger partial charge in [0.1, 0.15) is 11.6 Å². The van der Waals surface area contributed by atoms with Crippen molar-refractivity contribution in [2.24, 2.45) is 17.8 Å². The number of fused-ring (bicyclic) bond motifs is 2. The van der Waals surface area contributed by atoms with Crippen LogP contribution in [0.5, 0.6) is 0 Å². The van der Waals surface area contributed by atoms with Gasteiger partial charge in [-0.2, -0.15) is 0 Å². The van der Waals surface area contributed by atoms with Crippen molar-refractivity contribution in [3.05, 3.63) is 47.2 Å². The molecule has 0 aliphatic carbocycles. The maximum Gasteiger partial charge on any atom is 0.376 e. The number of carbonyl (C=O) groups excluding carboxylic acids is 4. The van der Waals surface area contributed by atoms with Gasteiger partial charge in [-0.3, -0.25) is 9.59 Å². The Morgan fingerprint density at radius 2 is 1.76 bits per heavy atom. The summed E-state index contributed by atoms with van der Waals surface area (Å²) in [4.78, 5) is 60.9. The van der Waals surface area contributed by atoms with E-state index in [0.717, 1.165) is 5.56 Å². The number of hydrogen-bond donors (Lipinski definition) is 0. The summed E-state index contributed by atoms with van der Waals surface area (Å²) in [6.07, 6.45) is 0.145. The predicted octanol–water partition coefficient (Wildman–Crippen LogP) is 2.23. The molecule has 0 radical (unpaired) electrons. The van der Waals surface area contributed by atoms with E-state index in [2.05, 4.69) is 0 Å². The Balaban J connectivity index is 1.85. The van der Waals surface area contributed by atoms with Crippen LogP contribution in [0.25, 0.3) is 0 Å². The fourth-order valence-electron chi connectivity index (χ4n) is 6.24. The first-order chi connectivity index (χ1) is 17.6. The first kappa shape index (κ1) is 26.7. The van der Waals surface area contributed by atoms with Crippen LogP contribution < -0.4 is 0 Å². The van der Waals surface area contributed by atoms with Crippen LogP contribution in [0, 0.1) is 17.8 Å². The Bertz CT molecular complexity index is 1120. The molecule has 4 rings (SSSR count). The molecule has 0 aromatic heterocycles. The third kappa shape index (κ3) is 4.27. The number of hydrogen-bond acceptors (Lipinski definition) is 9. The zero-order chi connectivity index (χ0) is 27.1. The van der Waals surface area contributed by atoms with Crippen LogP contribution in [-0.4, -0.2) is 72.2 Å². The van der Waals surface area contributed by atoms with E-state index in [1.165, 1.54) is 19.3 Å². The van der Waals surface area contributed by atoms with E-state index >= 15 is 0 Å². The van der Waals surface area contributed by atoms with Gasteiger partial charge in [-0.25, -0.2) is 9.59 Å². The van der Waals surface area contributed by atoms with E-state index in [1.807, 2.05) is 49.1 Å². The molecule has 3 aliphatic rings. The number of nitrogens with zero attached hydrogens (tertiary/aromatic N) is 2. The summed E-state index contributed by atoms with van der Waals surface area (Å²) in [6, 6.07) is 8.30. The predicted molar refractivity (Wildman–Crippen MR) is 130 cm³/mol. The summed E-state index contributed by atoms with van der Waals surface area (Å²) >= 11 is 0. The van der Waals surface area contributed by atoms with Gasteiger partial charge in [-0.1, -0.05) is 44.2 Å². The largest absolute Gasteiger partial charge is 0.465 e. The molecule has 1 amide bonds. The lowest BCUT2D eigenvalue weighted by Gasteiger charge is -2.48. The standard InChI is InChI=1S/C27H34N2O8/c1-7-36-25(32)21-18-17(23(30)28(20(18)15(2)3)14-16-11-9-8-10-12-16)13-27(4)19(24(31)34-5)22(26(33)35-6)37-29(21)27/h8-12,15,17-18,20-21H,7,13-14H2,1-6H3/t17-,18-,20+,21+,27+/m1/s1. The quantitative estimate of drug-likeness (QED) is 0.399. The number of likely N-dealkylation sites (tertiary alicyclic amines) is 1. The van der Waals surface area contributed by atoms with Gasteiger partial charge in [0.2, 0.25) is 11.7 Å². The molecule has 3 aliphatic heterocycles. The topological polar surface area (TPSA) is 112 Å². The minimum Gasteiger partial charge on any atom is -0.465 e. The van der Waals surface area contributed by atoms with Crippen molar-refractivity contribution in [3.8, 4) is 0 Å². The molecule has 10 nitrogen and oxygen atoms in total. The third-order valence-corrected chi connectivity index (χ3v) is 7.66. The van der Waals surface area contributed by atoms with Crippen LogP contribution in [0.3, 0.4) is 0 Å². The number of rotatable bonds is 7. The van der Waals surface area contributed by atoms with Crippen molar-refractivity contribution in [2.45, 2.75) is 58.3 Å². The number of amides is 1. The fraction of sp³-hybridized carbons (Fsp3) is 0.556. The molecular weight excluding hydrogens is 480 g/mol. The Morgan fingerprint density at radius 1 is 1.11 bits per heavy atom. The van der Waals surface area contributed by atoms with Gasteiger partial charge in [-0.15, -0.1) is 5.06 Å². The summed E-state index contributed by atoms with van der Waals surface area (Å²) in [6.45, 7) is 7.90. The minimum atomic E-state index is -1.31. The summed E-state index contributed by atoms with van der Waals surface area (Å²) < 4.78 is 15.3. The third-order valence-electron chi connectivity index (χ3n) is 7.66. The molecular formula is C27H34N2O8. The van der Waals surface area contributed by atoms with Gasteiger partial charge >= 0.3 is 17.9 Å². The molecule has 1 aromatic rings. The molecule has 2 fully saturated rings. The highest BCUT2D eigenvalue weighted by atomic mass is 16.7. The fourth-order valence-corrected chi connectivity index (χ4v) is 6.24. The first-order valence-corrected chi connectivity index (χ1v) is 12.5. The lowest BCUT2D eigenvalue weighted by Crippen LogP contribution is -2.63. The number of hydroxylamine groups is 2. The van der Waals surface area contributed by atoms with E-state index in [4.69, 9.17) is 19.0 Å². The van der Waals surface area contributed by atoms with Gasteiger partial charge in [0.05, 0.1) is 26.4 Å². The lowest BCUT2D eigenvalue weighted by atomic mass is 9.68. The average Bonchev–Trinajstić information content (AvgIpc) is 3.33. The van der Waals surface area contributed by atoms with Crippen LogP contribution in [0.15, 0.2) is 41.7 Å². The molecule has 2 saturated heterocycles. The number of carbonyl (C=O) groups is 4. The van der Waals surface area contributed by atoms with Crippen molar-refractivity contribution in [1.82, 2.24) is 9.96 Å². The molecule has 0 bridgehead atoms. The molecule has 10 heteroatoms. The van der Waals surface area contributed by atoms with Crippen LogP contribution in [0.4, 0.5) is 0 Å². The maximum atomic E-state index is 14.0. The van der Waals surface area contributed by atoms with Crippen LogP contribution in [0.1, 0.15) is 39.7 Å². The van der Waals surface area contributed by atoms with E-state index in [1.54, 1.807) is 13.8 Å². The summed E-state index contributed by atoms with van der Waals surface area (Å²) in [7, 11) is 2.37. The van der Waals surface area contributed by atoms with Crippen LogP contribution >= 0.6 is 0 Å². The highest BCUT2D eigenvalue weighted by molar-refractivity contribution is 6.02. The Morgan fingerprint density at radius 3 is 2.32 bits per heavy atom. The Kier molecular flexibility index (Phi) is 7.32. The van der Waals surface area contributed by atoms with E-state index in [-0.39, 0.29) is 42.2 Å². The SMILES string of the molecule is CCOC(=O)[C@@H]1[C@@H]2[C@@H](C[C@@]3(C)C(C(=O)OC)=C(C(=O)OC)ON13)C(=O)N(Cc1ccccc1)[C@H]2C(C)C. The molecule has 200 valence electrons. The second-order valence-corrected chi connectivity index (χ2v) is 10.1. The number of methoxy groups -OCH3 is 2. The van der Waals surface area contributed by atoms with Crippen molar-refractivity contribution in [2.75, 3.05) is 20.8 Å². The van der Waals surface area contributed by atoms with E-state index in [0.29, 0.717) is 6.54 Å². The number of ether oxygens (including phenoxy) is 3. The van der Waals surface area contributed by atoms with E-state index in [9.17, 15) is 19.2 Å². The van der Waals surface area contributed by atoms with Gasteiger partial charge in [0.15, 0.2) is 0 Å². The number of benzene rings is 1. The highest BCUT2D eigenvalue weighted by Gasteiger charge is 2.68. The molecule has 1 aromatic carbocycles. The molecule has 3 heterocycles. The van der Waals surface area contributed by atoms with Crippen molar-refractivity contribution < 1.29 is 38.2 Å². The van der Waals surface area contributed by atoms with Crippen LogP contribution in [-0.2, 0) is 44.8 Å². The molecule has 0 spiro atoms. The Labute approximate surface area is 216 Å². The zero-order valence-electron chi connectivity index (χ0n) is 22.1. The second kappa shape index (κ2) is 10.2. The molecule has 0 saturated carbocycles. The van der Waals surface area contributed by atoms with Gasteiger partial charge in [-0.05, 0) is 31.7 Å². The Hall–Kier alpha value is -3.40. The average molecular weight is 515 g/mol. The molecule has 0 N–H and O–H groups in total. The van der Waals surface area contributed by atoms with E-state index < -0.39 is 41.3 Å². The smallest absolute Gasteiger partial charge is 0.376 e. The van der Waals surface area contributed by atoms with Crippen molar-refractivity contribution >= 4 is 23.8 Å². The minimum absolute atomic E-state index is 0.000313. The maximum absolute atomic E-state index is 14.0. The highest BCUT2D eigenvalue weighted by Crippen LogP contribution is 2.54. The zero-order valence-corrected chi connectivity index (χ0v) is 22.1. The molecule has 5 atom stereocenters. The van der Waals surface area contributed by atoms with Gasteiger partial charge in [0.25, 0.3) is 0 Å².